The van der Waals surface area contributed by atoms with E-state index >= 15 is 0 Å². The molecular weight excluding hydrogens is 647 g/mol. The molecule has 272 valence electrons. The first-order chi connectivity index (χ1) is 23.9. The first kappa shape index (κ1) is 40.6. The molecule has 2 aromatic carbocycles. The molecule has 1 fully saturated rings. The minimum absolute atomic E-state index is 0.153. The van der Waals surface area contributed by atoms with Gasteiger partial charge in [0.25, 0.3) is 5.91 Å². The Bertz CT molecular complexity index is 1470. The Morgan fingerprint density at radius 1 is 0.900 bits per heavy atom. The second kappa shape index (κ2) is 21.4. The number of amides is 2. The van der Waals surface area contributed by atoms with Crippen LogP contribution in [0.3, 0.4) is 0 Å². The van der Waals surface area contributed by atoms with Crippen LogP contribution in [0, 0.1) is 0 Å². The molecular formula is C41H57N3O5S. The number of hydrogen-bond donors (Lipinski definition) is 1. The summed E-state index contributed by atoms with van der Waals surface area (Å²) in [6.45, 7) is 16.4. The molecule has 0 unspecified atom stereocenters. The molecule has 50 heavy (non-hydrogen) atoms. The van der Waals surface area contributed by atoms with E-state index in [1.54, 1.807) is 22.7 Å². The smallest absolute Gasteiger partial charge is 0.410 e. The predicted octanol–water partition coefficient (Wildman–Crippen LogP) is 9.39. The standard InChI is InChI=1S/C41H57N3O5S/c1-7-13-32(2)14-12-15-33(3)24-31-50-37-17-9-8-16-36(37)39(46)42-35-21-18-34(19-22-35)20-23-38(45)48-30-11-10-25-43-26-28-44(29-27-43)40(47)49-41(4,5)6/h8-9,14,16-24H,7,10-13,15,25-31H2,1-6H3,(H,42,46)/b23-20+,32-14+,33-24+. The number of esters is 1. The van der Waals surface area contributed by atoms with Crippen molar-refractivity contribution in [3.05, 3.63) is 89.0 Å². The van der Waals surface area contributed by atoms with E-state index in [1.807, 2.05) is 69.3 Å². The van der Waals surface area contributed by atoms with E-state index in [-0.39, 0.29) is 18.0 Å². The number of nitrogens with zero attached hydrogens (tertiary/aromatic N) is 2. The lowest BCUT2D eigenvalue weighted by Crippen LogP contribution is -2.50. The molecule has 2 aromatic rings. The van der Waals surface area contributed by atoms with Crippen molar-refractivity contribution in [2.24, 2.45) is 0 Å². The zero-order chi connectivity index (χ0) is 36.4. The maximum Gasteiger partial charge on any atom is 0.410 e. The van der Waals surface area contributed by atoms with Crippen LogP contribution < -0.4 is 5.32 Å². The number of allylic oxidation sites excluding steroid dienone is 3. The summed E-state index contributed by atoms with van der Waals surface area (Å²) in [5.74, 6) is 0.278. The third-order valence-corrected chi connectivity index (χ3v) is 9.20. The Morgan fingerprint density at radius 3 is 2.30 bits per heavy atom. The number of rotatable bonds is 17. The number of benzene rings is 2. The van der Waals surface area contributed by atoms with Gasteiger partial charge in [-0.3, -0.25) is 9.69 Å². The molecule has 1 N–H and O–H groups in total. The van der Waals surface area contributed by atoms with Crippen molar-refractivity contribution in [3.63, 3.8) is 0 Å². The van der Waals surface area contributed by atoms with Gasteiger partial charge in [0.2, 0.25) is 0 Å². The SMILES string of the molecule is CCC/C(C)=C/CC/C(C)=C/CSc1ccccc1C(=O)Nc1ccc(/C=C/C(=O)OCCCCN2CCN(C(=O)OC(C)(C)C)CC2)cc1. The van der Waals surface area contributed by atoms with Gasteiger partial charge in [-0.25, -0.2) is 9.59 Å². The summed E-state index contributed by atoms with van der Waals surface area (Å²) in [5, 5.41) is 3.00. The van der Waals surface area contributed by atoms with Crippen LogP contribution >= 0.6 is 11.8 Å². The molecule has 0 radical (unpaired) electrons. The fraction of sp³-hybridized carbons (Fsp3) is 0.488. The predicted molar refractivity (Wildman–Crippen MR) is 207 cm³/mol. The first-order valence-electron chi connectivity index (χ1n) is 17.9. The van der Waals surface area contributed by atoms with Crippen LogP contribution in [-0.4, -0.2) is 78.5 Å². The average molecular weight is 704 g/mol. The van der Waals surface area contributed by atoms with Crippen LogP contribution in [0.25, 0.3) is 6.08 Å². The first-order valence-corrected chi connectivity index (χ1v) is 18.9. The molecule has 9 heteroatoms. The van der Waals surface area contributed by atoms with Crippen LogP contribution in [0.4, 0.5) is 10.5 Å². The molecule has 1 aliphatic heterocycles. The minimum Gasteiger partial charge on any atom is -0.463 e. The topological polar surface area (TPSA) is 88.2 Å². The number of carbonyl (C=O) groups excluding carboxylic acids is 3. The minimum atomic E-state index is -0.486. The van der Waals surface area contributed by atoms with E-state index < -0.39 is 5.60 Å². The van der Waals surface area contributed by atoms with Gasteiger partial charge in [-0.2, -0.15) is 0 Å². The van der Waals surface area contributed by atoms with Crippen LogP contribution in [0.2, 0.25) is 0 Å². The van der Waals surface area contributed by atoms with Crippen LogP contribution in [0.15, 0.2) is 82.8 Å². The van der Waals surface area contributed by atoms with Gasteiger partial charge in [-0.1, -0.05) is 60.9 Å². The van der Waals surface area contributed by atoms with Crippen LogP contribution in [-0.2, 0) is 14.3 Å². The Hall–Kier alpha value is -3.82. The van der Waals surface area contributed by atoms with Gasteiger partial charge in [0.15, 0.2) is 0 Å². The van der Waals surface area contributed by atoms with Crippen molar-refractivity contribution in [2.45, 2.75) is 90.6 Å². The van der Waals surface area contributed by atoms with Crippen molar-refractivity contribution in [1.29, 1.82) is 0 Å². The summed E-state index contributed by atoms with van der Waals surface area (Å²) >= 11 is 1.67. The van der Waals surface area contributed by atoms with Crippen molar-refractivity contribution < 1.29 is 23.9 Å². The van der Waals surface area contributed by atoms with Gasteiger partial charge in [0.05, 0.1) is 12.2 Å². The molecule has 2 amide bonds. The molecule has 0 atom stereocenters. The highest BCUT2D eigenvalue weighted by molar-refractivity contribution is 7.99. The molecule has 0 aliphatic carbocycles. The molecule has 0 bridgehead atoms. The van der Waals surface area contributed by atoms with Crippen molar-refractivity contribution in [2.75, 3.05) is 50.4 Å². The second-order valence-electron chi connectivity index (χ2n) is 13.8. The largest absolute Gasteiger partial charge is 0.463 e. The normalized spacial score (nSPS) is 14.6. The Kier molecular flexibility index (Phi) is 17.4. The molecule has 0 saturated carbocycles. The fourth-order valence-electron chi connectivity index (χ4n) is 5.38. The number of carbonyl (C=O) groups is 3. The Balaban J connectivity index is 1.35. The third kappa shape index (κ3) is 15.8. The van der Waals surface area contributed by atoms with E-state index in [0.717, 1.165) is 61.5 Å². The highest BCUT2D eigenvalue weighted by Gasteiger charge is 2.25. The lowest BCUT2D eigenvalue weighted by molar-refractivity contribution is -0.137. The zero-order valence-electron chi connectivity index (χ0n) is 31.0. The number of unbranched alkanes of at least 4 members (excludes halogenated alkanes) is 1. The van der Waals surface area contributed by atoms with E-state index in [0.29, 0.717) is 30.9 Å². The van der Waals surface area contributed by atoms with Crippen molar-refractivity contribution in [3.8, 4) is 0 Å². The molecule has 1 saturated heterocycles. The van der Waals surface area contributed by atoms with E-state index in [2.05, 4.69) is 43.1 Å². The van der Waals surface area contributed by atoms with Crippen LogP contribution in [0.5, 0.6) is 0 Å². The maximum atomic E-state index is 13.2. The van der Waals surface area contributed by atoms with Gasteiger partial charge in [0.1, 0.15) is 5.60 Å². The summed E-state index contributed by atoms with van der Waals surface area (Å²) in [6, 6.07) is 15.1. The van der Waals surface area contributed by atoms with Gasteiger partial charge < -0.3 is 19.7 Å². The molecule has 3 rings (SSSR count). The highest BCUT2D eigenvalue weighted by atomic mass is 32.2. The van der Waals surface area contributed by atoms with E-state index in [9.17, 15) is 14.4 Å². The molecule has 1 heterocycles. The van der Waals surface area contributed by atoms with Gasteiger partial charge >= 0.3 is 12.1 Å². The number of hydrogen-bond acceptors (Lipinski definition) is 7. The summed E-state index contributed by atoms with van der Waals surface area (Å²) in [5.41, 5.74) is 4.50. The number of nitrogens with one attached hydrogen (secondary N) is 1. The molecule has 0 aromatic heterocycles. The Morgan fingerprint density at radius 2 is 1.60 bits per heavy atom. The summed E-state index contributed by atoms with van der Waals surface area (Å²) in [4.78, 5) is 42.7. The molecule has 8 nitrogen and oxygen atoms in total. The monoisotopic (exact) mass is 703 g/mol. The van der Waals surface area contributed by atoms with Crippen molar-refractivity contribution >= 4 is 41.5 Å². The molecule has 0 spiro atoms. The molecule has 1 aliphatic rings. The summed E-state index contributed by atoms with van der Waals surface area (Å²) in [6.07, 6.45) is 13.6. The Labute approximate surface area is 304 Å². The third-order valence-electron chi connectivity index (χ3n) is 8.20. The number of anilines is 1. The quantitative estimate of drug-likeness (QED) is 0.0578. The van der Waals surface area contributed by atoms with Crippen LogP contribution in [0.1, 0.15) is 96.0 Å². The maximum absolute atomic E-state index is 13.2. The highest BCUT2D eigenvalue weighted by Crippen LogP contribution is 2.25. The second-order valence-corrected chi connectivity index (χ2v) is 14.9. The van der Waals surface area contributed by atoms with E-state index in [1.165, 1.54) is 30.1 Å². The fourth-order valence-corrected chi connectivity index (χ4v) is 6.42. The summed E-state index contributed by atoms with van der Waals surface area (Å²) in [7, 11) is 0. The van der Waals surface area contributed by atoms with Gasteiger partial charge in [-0.05, 0) is 109 Å². The average Bonchev–Trinajstić information content (AvgIpc) is 3.07. The van der Waals surface area contributed by atoms with Gasteiger partial charge in [-0.15, -0.1) is 11.8 Å². The lowest BCUT2D eigenvalue weighted by atomic mass is 10.1. The van der Waals surface area contributed by atoms with Crippen molar-refractivity contribution in [1.82, 2.24) is 9.80 Å². The number of piperazine rings is 1. The van der Waals surface area contributed by atoms with Gasteiger partial charge in [0, 0.05) is 48.6 Å². The lowest BCUT2D eigenvalue weighted by Gasteiger charge is -2.35. The van der Waals surface area contributed by atoms with E-state index in [4.69, 9.17) is 9.47 Å². The number of thioether (sulfide) groups is 1. The summed E-state index contributed by atoms with van der Waals surface area (Å²) < 4.78 is 10.8. The number of ether oxygens (including phenoxy) is 2. The zero-order valence-corrected chi connectivity index (χ0v) is 31.8.